The van der Waals surface area contributed by atoms with Gasteiger partial charge in [-0.3, -0.25) is 4.79 Å². The van der Waals surface area contributed by atoms with Gasteiger partial charge in [0, 0.05) is 36.5 Å². The molecule has 3 atom stereocenters. The van der Waals surface area contributed by atoms with Gasteiger partial charge in [0.05, 0.1) is 30.4 Å². The largest absolute Gasteiger partial charge is 0.469 e. The van der Waals surface area contributed by atoms with Crippen molar-refractivity contribution in [2.75, 3.05) is 19.7 Å². The number of likely N-dealkylation sites (tertiary alicyclic amines) is 1. The van der Waals surface area contributed by atoms with Crippen molar-refractivity contribution in [2.24, 2.45) is 11.8 Å². The van der Waals surface area contributed by atoms with Crippen molar-refractivity contribution in [1.82, 2.24) is 9.88 Å². The van der Waals surface area contributed by atoms with Crippen LogP contribution in [0.15, 0.2) is 28.2 Å². The van der Waals surface area contributed by atoms with E-state index < -0.39 is 0 Å². The number of fused-ring (bicyclic) bond motifs is 1. The van der Waals surface area contributed by atoms with Crippen LogP contribution >= 0.6 is 11.3 Å². The topological polar surface area (TPSA) is 55.6 Å². The molecule has 5 nitrogen and oxygen atoms in total. The van der Waals surface area contributed by atoms with Gasteiger partial charge in [-0.15, -0.1) is 11.3 Å². The lowest BCUT2D eigenvalue weighted by atomic mass is 9.83. The predicted molar refractivity (Wildman–Crippen MR) is 90.9 cm³/mol. The van der Waals surface area contributed by atoms with Crippen molar-refractivity contribution >= 4 is 17.2 Å². The van der Waals surface area contributed by atoms with Crippen LogP contribution in [0.2, 0.25) is 0 Å². The van der Waals surface area contributed by atoms with Gasteiger partial charge in [-0.25, -0.2) is 4.98 Å². The lowest BCUT2D eigenvalue weighted by Gasteiger charge is -2.35. The van der Waals surface area contributed by atoms with Gasteiger partial charge in [-0.05, 0) is 31.4 Å². The second-order valence-electron chi connectivity index (χ2n) is 6.77. The lowest BCUT2D eigenvalue weighted by Crippen LogP contribution is -2.45. The minimum atomic E-state index is 0.155. The number of aryl methyl sites for hydroxylation is 1. The summed E-state index contributed by atoms with van der Waals surface area (Å²) in [6, 6.07) is 3.68. The molecule has 24 heavy (non-hydrogen) atoms. The number of nitrogens with zero attached hydrogens (tertiary/aromatic N) is 2. The Morgan fingerprint density at radius 3 is 3.17 bits per heavy atom. The summed E-state index contributed by atoms with van der Waals surface area (Å²) in [6.07, 6.45) is 4.14. The number of carbonyl (C=O) groups excluding carboxylic acids is 1. The second-order valence-corrected chi connectivity index (χ2v) is 7.71. The van der Waals surface area contributed by atoms with Crippen LogP contribution in [0.4, 0.5) is 0 Å². The molecular formula is C18H22N2O3S. The fourth-order valence-corrected chi connectivity index (χ4v) is 4.68. The van der Waals surface area contributed by atoms with Gasteiger partial charge >= 0.3 is 0 Å². The third-order valence-corrected chi connectivity index (χ3v) is 6.08. The molecule has 2 fully saturated rings. The average molecular weight is 346 g/mol. The molecule has 0 aliphatic carbocycles. The van der Waals surface area contributed by atoms with Crippen molar-refractivity contribution in [3.05, 3.63) is 40.2 Å². The van der Waals surface area contributed by atoms with E-state index in [0.717, 1.165) is 49.0 Å². The third kappa shape index (κ3) is 3.26. The van der Waals surface area contributed by atoms with Gasteiger partial charge in [-0.1, -0.05) is 0 Å². The Kier molecular flexibility index (Phi) is 4.41. The van der Waals surface area contributed by atoms with E-state index in [0.29, 0.717) is 18.3 Å². The van der Waals surface area contributed by atoms with Crippen molar-refractivity contribution in [1.29, 1.82) is 0 Å². The quantitative estimate of drug-likeness (QED) is 0.854. The number of hydrogen-bond acceptors (Lipinski definition) is 5. The molecule has 1 amide bonds. The molecular weight excluding hydrogens is 324 g/mol. The first-order valence-electron chi connectivity index (χ1n) is 8.52. The molecule has 0 aromatic carbocycles. The smallest absolute Gasteiger partial charge is 0.230 e. The Labute approximate surface area is 145 Å². The fourth-order valence-electron chi connectivity index (χ4n) is 3.87. The van der Waals surface area contributed by atoms with Crippen LogP contribution in [0.3, 0.4) is 0 Å². The summed E-state index contributed by atoms with van der Waals surface area (Å²) in [5, 5.41) is 3.26. The van der Waals surface area contributed by atoms with Crippen LogP contribution < -0.4 is 0 Å². The maximum absolute atomic E-state index is 12.4. The Morgan fingerprint density at radius 1 is 1.50 bits per heavy atom. The molecule has 128 valence electrons. The van der Waals surface area contributed by atoms with Crippen molar-refractivity contribution < 1.29 is 13.9 Å². The molecule has 0 spiro atoms. The number of amides is 1. The minimum absolute atomic E-state index is 0.155. The van der Waals surface area contributed by atoms with Gasteiger partial charge in [-0.2, -0.15) is 0 Å². The minimum Gasteiger partial charge on any atom is -0.469 e. The molecule has 4 heterocycles. The van der Waals surface area contributed by atoms with Gasteiger partial charge in [0.15, 0.2) is 0 Å². The molecule has 2 saturated heterocycles. The molecule has 0 radical (unpaired) electrons. The monoisotopic (exact) mass is 346 g/mol. The maximum Gasteiger partial charge on any atom is 0.230 e. The number of rotatable bonds is 4. The normalized spacial score (nSPS) is 26.5. The van der Waals surface area contributed by atoms with Crippen LogP contribution in [0.1, 0.15) is 22.9 Å². The zero-order valence-corrected chi connectivity index (χ0v) is 14.6. The van der Waals surface area contributed by atoms with Crippen LogP contribution in [0, 0.1) is 18.8 Å². The zero-order chi connectivity index (χ0) is 16.5. The first kappa shape index (κ1) is 15.8. The van der Waals surface area contributed by atoms with Gasteiger partial charge in [0.1, 0.15) is 5.76 Å². The van der Waals surface area contributed by atoms with E-state index in [9.17, 15) is 4.79 Å². The molecule has 2 aliphatic heterocycles. The van der Waals surface area contributed by atoms with Gasteiger partial charge < -0.3 is 14.1 Å². The van der Waals surface area contributed by atoms with Crippen molar-refractivity contribution in [3.63, 3.8) is 0 Å². The molecule has 0 unspecified atom stereocenters. The third-order valence-electron chi connectivity index (χ3n) is 5.10. The van der Waals surface area contributed by atoms with E-state index in [1.807, 2.05) is 24.0 Å². The SMILES string of the molecule is Cc1csc(C[C@@H]2OC[C@@H]3CN(C(=O)Cc4ccco4)CC[C@@H]32)n1. The lowest BCUT2D eigenvalue weighted by molar-refractivity contribution is -0.133. The number of furan rings is 1. The summed E-state index contributed by atoms with van der Waals surface area (Å²) >= 11 is 1.72. The van der Waals surface area contributed by atoms with Crippen LogP contribution in [0.25, 0.3) is 0 Å². The molecule has 2 aliphatic rings. The summed E-state index contributed by atoms with van der Waals surface area (Å²) in [5.74, 6) is 1.89. The molecule has 6 heteroatoms. The van der Waals surface area contributed by atoms with E-state index >= 15 is 0 Å². The highest BCUT2D eigenvalue weighted by Crippen LogP contribution is 2.36. The Bertz CT molecular complexity index is 697. The Hall–Kier alpha value is -1.66. The van der Waals surface area contributed by atoms with Gasteiger partial charge in [0.2, 0.25) is 5.91 Å². The maximum atomic E-state index is 12.4. The van der Waals surface area contributed by atoms with E-state index in [2.05, 4.69) is 10.4 Å². The Balaban J connectivity index is 1.34. The fraction of sp³-hybridized carbons (Fsp3) is 0.556. The van der Waals surface area contributed by atoms with Crippen LogP contribution in [0.5, 0.6) is 0 Å². The molecule has 0 saturated carbocycles. The van der Waals surface area contributed by atoms with E-state index in [-0.39, 0.29) is 12.0 Å². The first-order chi connectivity index (χ1) is 11.7. The highest BCUT2D eigenvalue weighted by Gasteiger charge is 2.42. The highest BCUT2D eigenvalue weighted by atomic mass is 32.1. The van der Waals surface area contributed by atoms with Gasteiger partial charge in [0.25, 0.3) is 0 Å². The highest BCUT2D eigenvalue weighted by molar-refractivity contribution is 7.09. The van der Waals surface area contributed by atoms with Crippen molar-refractivity contribution in [2.45, 2.75) is 32.3 Å². The van der Waals surface area contributed by atoms with E-state index in [4.69, 9.17) is 9.15 Å². The van der Waals surface area contributed by atoms with Crippen LogP contribution in [-0.4, -0.2) is 41.6 Å². The Morgan fingerprint density at radius 2 is 2.42 bits per heavy atom. The first-order valence-corrected chi connectivity index (χ1v) is 9.40. The van der Waals surface area contributed by atoms with E-state index in [1.165, 1.54) is 0 Å². The van der Waals surface area contributed by atoms with Crippen LogP contribution in [-0.2, 0) is 22.4 Å². The van der Waals surface area contributed by atoms with Crippen molar-refractivity contribution in [3.8, 4) is 0 Å². The number of hydrogen-bond donors (Lipinski definition) is 0. The average Bonchev–Trinajstić information content (AvgIpc) is 3.30. The summed E-state index contributed by atoms with van der Waals surface area (Å²) < 4.78 is 11.3. The molecule has 0 N–H and O–H groups in total. The number of piperidine rings is 1. The number of aromatic nitrogens is 1. The summed E-state index contributed by atoms with van der Waals surface area (Å²) in [5.41, 5.74) is 1.09. The molecule has 4 rings (SSSR count). The summed E-state index contributed by atoms with van der Waals surface area (Å²) in [4.78, 5) is 19.0. The zero-order valence-electron chi connectivity index (χ0n) is 13.8. The molecule has 2 aromatic rings. The number of ether oxygens (including phenoxy) is 1. The standard InChI is InChI=1S/C18H22N2O3S/c1-12-11-24-17(19-12)8-16-15-4-5-20(9-13(15)10-23-16)18(21)7-14-3-2-6-22-14/h2-3,6,11,13,15-16H,4-5,7-10H2,1H3/t13-,15-,16-/m0/s1. The molecule has 0 bridgehead atoms. The summed E-state index contributed by atoms with van der Waals surface area (Å²) in [7, 11) is 0. The summed E-state index contributed by atoms with van der Waals surface area (Å²) in [6.45, 7) is 4.40. The van der Waals surface area contributed by atoms with E-state index in [1.54, 1.807) is 17.6 Å². The number of carbonyl (C=O) groups is 1. The number of thiazole rings is 1. The molecule has 2 aromatic heterocycles. The predicted octanol–water partition coefficient (Wildman–Crippen LogP) is 2.69. The second kappa shape index (κ2) is 6.69.